The number of piperidine rings is 1. The van der Waals surface area contributed by atoms with Crippen LogP contribution in [0.4, 0.5) is 0 Å². The molecular formula is C11H24N2. The van der Waals surface area contributed by atoms with Crippen molar-refractivity contribution in [1.29, 1.82) is 0 Å². The molecule has 0 aromatic carbocycles. The minimum Gasteiger partial charge on any atom is -0.316 e. The first kappa shape index (κ1) is 11.0. The van der Waals surface area contributed by atoms with E-state index >= 15 is 0 Å². The normalized spacial score (nSPS) is 24.9. The van der Waals surface area contributed by atoms with E-state index in [4.69, 9.17) is 0 Å². The van der Waals surface area contributed by atoms with E-state index in [1.807, 2.05) is 0 Å². The number of nitrogens with one attached hydrogen (secondary N) is 1. The molecule has 1 fully saturated rings. The fourth-order valence-corrected chi connectivity index (χ4v) is 2.09. The lowest BCUT2D eigenvalue weighted by molar-refractivity contribution is 0.180. The van der Waals surface area contributed by atoms with Crippen LogP contribution in [0.15, 0.2) is 0 Å². The Morgan fingerprint density at radius 1 is 1.38 bits per heavy atom. The van der Waals surface area contributed by atoms with Crippen LogP contribution in [0.25, 0.3) is 0 Å². The second-order valence-electron chi connectivity index (χ2n) is 4.11. The summed E-state index contributed by atoms with van der Waals surface area (Å²) in [7, 11) is 0. The number of hydrogen-bond donors (Lipinski definition) is 1. The van der Waals surface area contributed by atoms with Gasteiger partial charge in [-0.3, -0.25) is 0 Å². The van der Waals surface area contributed by atoms with Crippen molar-refractivity contribution < 1.29 is 0 Å². The number of nitrogens with zero attached hydrogens (tertiary/aromatic N) is 1. The summed E-state index contributed by atoms with van der Waals surface area (Å²) in [5, 5.41) is 3.52. The Morgan fingerprint density at radius 2 is 2.23 bits per heavy atom. The van der Waals surface area contributed by atoms with Gasteiger partial charge in [-0.15, -0.1) is 0 Å². The predicted molar refractivity (Wildman–Crippen MR) is 58.0 cm³/mol. The van der Waals surface area contributed by atoms with Gasteiger partial charge in [-0.2, -0.15) is 0 Å². The first-order valence-corrected chi connectivity index (χ1v) is 5.79. The maximum Gasteiger partial charge on any atom is 0.00217 e. The van der Waals surface area contributed by atoms with E-state index in [1.165, 1.54) is 52.0 Å². The molecule has 1 aliphatic heterocycles. The number of likely N-dealkylation sites (tertiary alicyclic amines) is 1. The minimum atomic E-state index is 0.903. The van der Waals surface area contributed by atoms with Crippen molar-refractivity contribution in [3.63, 3.8) is 0 Å². The molecular weight excluding hydrogens is 160 g/mol. The van der Waals surface area contributed by atoms with Crippen molar-refractivity contribution in [3.05, 3.63) is 0 Å². The van der Waals surface area contributed by atoms with Gasteiger partial charge in [0.25, 0.3) is 0 Å². The first-order valence-electron chi connectivity index (χ1n) is 5.79. The molecule has 2 nitrogen and oxygen atoms in total. The topological polar surface area (TPSA) is 15.3 Å². The molecule has 13 heavy (non-hydrogen) atoms. The third kappa shape index (κ3) is 4.10. The quantitative estimate of drug-likeness (QED) is 0.654. The van der Waals surface area contributed by atoms with Crippen LogP contribution in [-0.2, 0) is 0 Å². The average Bonchev–Trinajstić information content (AvgIpc) is 2.19. The number of hydrogen-bond acceptors (Lipinski definition) is 2. The molecule has 1 rings (SSSR count). The van der Waals surface area contributed by atoms with Gasteiger partial charge in [0.05, 0.1) is 0 Å². The van der Waals surface area contributed by atoms with Crippen LogP contribution in [0.2, 0.25) is 0 Å². The molecule has 2 heteroatoms. The lowest BCUT2D eigenvalue weighted by Crippen LogP contribution is -2.39. The monoisotopic (exact) mass is 184 g/mol. The molecule has 0 bridgehead atoms. The fourth-order valence-electron chi connectivity index (χ4n) is 2.09. The fraction of sp³-hybridized carbons (Fsp3) is 1.00. The van der Waals surface area contributed by atoms with Gasteiger partial charge in [-0.1, -0.05) is 13.8 Å². The Morgan fingerprint density at radius 3 is 2.92 bits per heavy atom. The van der Waals surface area contributed by atoms with Crippen molar-refractivity contribution in [2.24, 2.45) is 5.92 Å². The molecule has 0 aliphatic carbocycles. The zero-order chi connectivity index (χ0) is 9.52. The lowest BCUT2D eigenvalue weighted by Gasteiger charge is -2.31. The van der Waals surface area contributed by atoms with Gasteiger partial charge >= 0.3 is 0 Å². The van der Waals surface area contributed by atoms with Crippen molar-refractivity contribution in [1.82, 2.24) is 10.2 Å². The van der Waals surface area contributed by atoms with Crippen molar-refractivity contribution in [3.8, 4) is 0 Å². The highest BCUT2D eigenvalue weighted by Crippen LogP contribution is 2.14. The third-order valence-corrected chi connectivity index (χ3v) is 2.91. The first-order chi connectivity index (χ1) is 6.36. The second-order valence-corrected chi connectivity index (χ2v) is 4.11. The van der Waals surface area contributed by atoms with Crippen LogP contribution < -0.4 is 5.32 Å². The van der Waals surface area contributed by atoms with Crippen LogP contribution in [-0.4, -0.2) is 37.6 Å². The van der Waals surface area contributed by atoms with Gasteiger partial charge in [0.1, 0.15) is 0 Å². The highest BCUT2D eigenvalue weighted by Gasteiger charge is 2.17. The van der Waals surface area contributed by atoms with Gasteiger partial charge in [-0.25, -0.2) is 0 Å². The van der Waals surface area contributed by atoms with Crippen molar-refractivity contribution >= 4 is 0 Å². The van der Waals surface area contributed by atoms with Crippen LogP contribution in [0, 0.1) is 5.92 Å². The Bertz CT molecular complexity index is 125. The summed E-state index contributed by atoms with van der Waals surface area (Å²) in [5.41, 5.74) is 0. The van der Waals surface area contributed by atoms with Crippen LogP contribution in [0.5, 0.6) is 0 Å². The molecule has 0 aromatic heterocycles. The van der Waals surface area contributed by atoms with E-state index in [9.17, 15) is 0 Å². The Hall–Kier alpha value is -0.0800. The molecule has 0 amide bonds. The van der Waals surface area contributed by atoms with E-state index < -0.39 is 0 Å². The molecule has 1 N–H and O–H groups in total. The molecule has 1 unspecified atom stereocenters. The summed E-state index contributed by atoms with van der Waals surface area (Å²) in [6, 6.07) is 0. The highest BCUT2D eigenvalue weighted by molar-refractivity contribution is 4.73. The van der Waals surface area contributed by atoms with Gasteiger partial charge in [0.15, 0.2) is 0 Å². The zero-order valence-electron chi connectivity index (χ0n) is 9.18. The minimum absolute atomic E-state index is 0.903. The molecule has 0 saturated carbocycles. The SMILES string of the molecule is CCCNCC1CCCN(CC)C1. The molecule has 1 aliphatic rings. The van der Waals surface area contributed by atoms with Crippen molar-refractivity contribution in [2.45, 2.75) is 33.1 Å². The van der Waals surface area contributed by atoms with Crippen molar-refractivity contribution in [2.75, 3.05) is 32.7 Å². The van der Waals surface area contributed by atoms with E-state index in [0.29, 0.717) is 0 Å². The van der Waals surface area contributed by atoms with Crippen LogP contribution >= 0.6 is 0 Å². The standard InChI is InChI=1S/C11H24N2/c1-3-7-12-9-11-6-5-8-13(4-2)10-11/h11-12H,3-10H2,1-2H3. The molecule has 0 aromatic rings. The molecule has 0 spiro atoms. The Kier molecular flexibility index (Phi) is 5.40. The van der Waals surface area contributed by atoms with E-state index in [1.54, 1.807) is 0 Å². The summed E-state index contributed by atoms with van der Waals surface area (Å²) < 4.78 is 0. The highest BCUT2D eigenvalue weighted by atomic mass is 15.1. The molecule has 0 radical (unpaired) electrons. The van der Waals surface area contributed by atoms with Gasteiger partial charge in [-0.05, 0) is 51.4 Å². The Labute approximate surface area is 82.7 Å². The summed E-state index contributed by atoms with van der Waals surface area (Å²) in [5.74, 6) is 0.903. The lowest BCUT2D eigenvalue weighted by atomic mass is 9.98. The van der Waals surface area contributed by atoms with Gasteiger partial charge in [0.2, 0.25) is 0 Å². The van der Waals surface area contributed by atoms with Crippen LogP contribution in [0.1, 0.15) is 33.1 Å². The summed E-state index contributed by atoms with van der Waals surface area (Å²) >= 11 is 0. The zero-order valence-corrected chi connectivity index (χ0v) is 9.18. The predicted octanol–water partition coefficient (Wildman–Crippen LogP) is 1.72. The summed E-state index contributed by atoms with van der Waals surface area (Å²) in [6.45, 7) is 10.8. The van der Waals surface area contributed by atoms with E-state index in [-0.39, 0.29) is 0 Å². The molecule has 78 valence electrons. The summed E-state index contributed by atoms with van der Waals surface area (Å²) in [6.07, 6.45) is 4.07. The third-order valence-electron chi connectivity index (χ3n) is 2.91. The molecule has 1 heterocycles. The van der Waals surface area contributed by atoms with Crippen LogP contribution in [0.3, 0.4) is 0 Å². The molecule has 1 saturated heterocycles. The maximum atomic E-state index is 3.52. The van der Waals surface area contributed by atoms with E-state index in [2.05, 4.69) is 24.1 Å². The smallest absolute Gasteiger partial charge is 0.00217 e. The second kappa shape index (κ2) is 6.39. The summed E-state index contributed by atoms with van der Waals surface area (Å²) in [4.78, 5) is 2.57. The van der Waals surface area contributed by atoms with Gasteiger partial charge in [0, 0.05) is 6.54 Å². The average molecular weight is 184 g/mol. The number of rotatable bonds is 5. The van der Waals surface area contributed by atoms with E-state index in [0.717, 1.165) is 5.92 Å². The van der Waals surface area contributed by atoms with Gasteiger partial charge < -0.3 is 10.2 Å². The molecule has 1 atom stereocenters. The maximum absolute atomic E-state index is 3.52. The largest absolute Gasteiger partial charge is 0.316 e. The Balaban J connectivity index is 2.11.